The molecule has 0 saturated carbocycles. The first-order valence-corrected chi connectivity index (χ1v) is 18.3. The van der Waals surface area contributed by atoms with Crippen LogP contribution in [0.1, 0.15) is 0 Å². The summed E-state index contributed by atoms with van der Waals surface area (Å²) in [5, 5.41) is 8.23. The fraction of sp³-hybridized carbons (Fsp3) is 0. The van der Waals surface area contributed by atoms with Crippen molar-refractivity contribution in [2.24, 2.45) is 0 Å². The highest BCUT2D eigenvalue weighted by molar-refractivity contribution is 6.20. The van der Waals surface area contributed by atoms with E-state index in [1.165, 1.54) is 32.8 Å². The van der Waals surface area contributed by atoms with Crippen LogP contribution in [0, 0.1) is 0 Å². The molecule has 0 saturated heterocycles. The van der Waals surface area contributed by atoms with Crippen LogP contribution in [-0.2, 0) is 0 Å². The van der Waals surface area contributed by atoms with Crippen molar-refractivity contribution >= 4 is 76.7 Å². The molecule has 0 atom stereocenters. The summed E-state index contributed by atoms with van der Waals surface area (Å²) >= 11 is 0. The van der Waals surface area contributed by atoms with Crippen LogP contribution in [0.15, 0.2) is 191 Å². The molecule has 0 unspecified atom stereocenters. The Morgan fingerprint density at radius 1 is 0.296 bits per heavy atom. The van der Waals surface area contributed by atoms with E-state index in [1.54, 1.807) is 0 Å². The molecule has 54 heavy (non-hydrogen) atoms. The van der Waals surface area contributed by atoms with Crippen LogP contribution < -0.4 is 0 Å². The van der Waals surface area contributed by atoms with E-state index in [2.05, 4.69) is 167 Å². The summed E-state index contributed by atoms with van der Waals surface area (Å²) in [5.41, 5.74) is 13.9. The van der Waals surface area contributed by atoms with Crippen molar-refractivity contribution in [3.63, 3.8) is 0 Å². The van der Waals surface area contributed by atoms with Gasteiger partial charge in [0.05, 0.1) is 21.9 Å². The molecule has 0 amide bonds. The second-order valence-electron chi connectivity index (χ2n) is 14.1. The Kier molecular flexibility index (Phi) is 6.02. The van der Waals surface area contributed by atoms with Crippen molar-refractivity contribution in [3.05, 3.63) is 182 Å². The minimum absolute atomic E-state index is 0.874. The van der Waals surface area contributed by atoms with E-state index < -0.39 is 0 Å². The van der Waals surface area contributed by atoms with Gasteiger partial charge in [0.2, 0.25) is 5.71 Å². The molecule has 4 aromatic heterocycles. The monoisotopic (exact) mass is 690 g/mol. The minimum atomic E-state index is 0.874. The molecule has 0 aliphatic rings. The second kappa shape index (κ2) is 11.1. The van der Waals surface area contributed by atoms with Gasteiger partial charge in [0.25, 0.3) is 0 Å². The Labute approximate surface area is 309 Å². The van der Waals surface area contributed by atoms with Crippen LogP contribution in [0.3, 0.4) is 0 Å². The molecular formula is C50H30N2O2. The van der Waals surface area contributed by atoms with E-state index in [1.807, 2.05) is 24.3 Å². The number of nitrogens with zero attached hydrogens (tertiary/aromatic N) is 2. The molecule has 12 rings (SSSR count). The maximum atomic E-state index is 6.48. The predicted octanol–water partition coefficient (Wildman–Crippen LogP) is 13.9. The fourth-order valence-electron chi connectivity index (χ4n) is 8.66. The quantitative estimate of drug-likeness (QED) is 0.184. The van der Waals surface area contributed by atoms with Crippen molar-refractivity contribution < 1.29 is 8.83 Å². The largest absolute Gasteiger partial charge is 0.456 e. The van der Waals surface area contributed by atoms with Gasteiger partial charge in [-0.1, -0.05) is 109 Å². The van der Waals surface area contributed by atoms with Crippen LogP contribution in [0.4, 0.5) is 0 Å². The first kappa shape index (κ1) is 29.3. The van der Waals surface area contributed by atoms with Gasteiger partial charge in [-0.3, -0.25) is 4.57 Å². The number of hydrogen-bond donors (Lipinski definition) is 0. The summed E-state index contributed by atoms with van der Waals surface area (Å²) in [5.74, 6) is 0. The van der Waals surface area contributed by atoms with Crippen molar-refractivity contribution in [2.75, 3.05) is 0 Å². The lowest BCUT2D eigenvalue weighted by Crippen LogP contribution is -1.94. The Bertz CT molecular complexity index is 3440. The van der Waals surface area contributed by atoms with Crippen molar-refractivity contribution in [1.82, 2.24) is 9.13 Å². The van der Waals surface area contributed by atoms with Crippen LogP contribution in [-0.4, -0.2) is 9.13 Å². The molecule has 0 bridgehead atoms. The molecule has 0 N–H and O–H groups in total. The van der Waals surface area contributed by atoms with E-state index in [0.717, 1.165) is 77.6 Å². The molecular weight excluding hydrogens is 661 g/mol. The van der Waals surface area contributed by atoms with E-state index in [4.69, 9.17) is 8.83 Å². The number of benzene rings is 8. The topological polar surface area (TPSA) is 36.1 Å². The van der Waals surface area contributed by atoms with Gasteiger partial charge in [-0.15, -0.1) is 0 Å². The third-order valence-electron chi connectivity index (χ3n) is 11.1. The van der Waals surface area contributed by atoms with Gasteiger partial charge in [-0.05, 0) is 95.1 Å². The van der Waals surface area contributed by atoms with Crippen molar-refractivity contribution in [1.29, 1.82) is 0 Å². The lowest BCUT2D eigenvalue weighted by Gasteiger charge is -2.11. The molecule has 0 spiro atoms. The zero-order valence-electron chi connectivity index (χ0n) is 29.0. The summed E-state index contributed by atoms with van der Waals surface area (Å²) in [7, 11) is 0. The maximum Gasteiger partial charge on any atom is 0.213 e. The lowest BCUT2D eigenvalue weighted by molar-refractivity contribution is 0.645. The molecule has 0 fully saturated rings. The summed E-state index contributed by atoms with van der Waals surface area (Å²) in [4.78, 5) is 0. The van der Waals surface area contributed by atoms with Crippen LogP contribution >= 0.6 is 0 Å². The average molecular weight is 691 g/mol. The Hall–Kier alpha value is -7.30. The smallest absolute Gasteiger partial charge is 0.213 e. The number of para-hydroxylation sites is 4. The summed E-state index contributed by atoms with van der Waals surface area (Å²) in [6.45, 7) is 0. The van der Waals surface area contributed by atoms with Crippen LogP contribution in [0.5, 0.6) is 0 Å². The van der Waals surface area contributed by atoms with E-state index >= 15 is 0 Å². The highest BCUT2D eigenvalue weighted by atomic mass is 16.3. The van der Waals surface area contributed by atoms with Gasteiger partial charge in [0.1, 0.15) is 16.7 Å². The molecule has 4 heteroatoms. The number of fused-ring (bicyclic) bond motifs is 11. The zero-order chi connectivity index (χ0) is 35.3. The molecule has 4 heterocycles. The maximum absolute atomic E-state index is 6.48. The fourth-order valence-corrected chi connectivity index (χ4v) is 8.66. The molecule has 0 radical (unpaired) electrons. The van der Waals surface area contributed by atoms with E-state index in [-0.39, 0.29) is 0 Å². The van der Waals surface area contributed by atoms with Gasteiger partial charge >= 0.3 is 0 Å². The third kappa shape index (κ3) is 4.19. The SMILES string of the molecule is c1cc(-c2ccc3c(c2)oc2ccccc23)cc(-n2c3ccccc3c3cc(-c4ccc(-n5c6ccccc6c6c7ccccc7oc65)cc4)ccc32)c1. The highest BCUT2D eigenvalue weighted by Crippen LogP contribution is 2.40. The first-order valence-electron chi connectivity index (χ1n) is 18.3. The molecule has 8 aromatic carbocycles. The Balaban J connectivity index is 0.953. The molecule has 0 aliphatic heterocycles. The number of aromatic nitrogens is 2. The van der Waals surface area contributed by atoms with Gasteiger partial charge in [0, 0.05) is 43.7 Å². The standard InChI is InChI=1S/C50H30N2O2/c1-5-16-43-37(12-1)42-29-33(31-20-24-35(25-21-31)52-44-17-6-2-14-40(44)49-41-15-4-8-19-47(41)54-50(49)52)23-27-45(42)51(43)36-11-9-10-32(28-36)34-22-26-39-38-13-3-7-18-46(38)53-48(39)30-34/h1-30H. The average Bonchev–Trinajstić information content (AvgIpc) is 3.97. The van der Waals surface area contributed by atoms with Crippen molar-refractivity contribution in [2.45, 2.75) is 0 Å². The number of rotatable bonds is 4. The second-order valence-corrected chi connectivity index (χ2v) is 14.1. The van der Waals surface area contributed by atoms with Gasteiger partial charge < -0.3 is 13.4 Å². The molecule has 0 aliphatic carbocycles. The van der Waals surface area contributed by atoms with E-state index in [9.17, 15) is 0 Å². The van der Waals surface area contributed by atoms with Gasteiger partial charge in [0.15, 0.2) is 0 Å². The Morgan fingerprint density at radius 3 is 1.72 bits per heavy atom. The van der Waals surface area contributed by atoms with Gasteiger partial charge in [-0.2, -0.15) is 0 Å². The first-order chi connectivity index (χ1) is 26.8. The number of hydrogen-bond acceptors (Lipinski definition) is 2. The predicted molar refractivity (Wildman–Crippen MR) is 223 cm³/mol. The molecule has 4 nitrogen and oxygen atoms in total. The normalized spacial score (nSPS) is 12.1. The van der Waals surface area contributed by atoms with Gasteiger partial charge in [-0.25, -0.2) is 0 Å². The number of furan rings is 2. The highest BCUT2D eigenvalue weighted by Gasteiger charge is 2.19. The van der Waals surface area contributed by atoms with Crippen molar-refractivity contribution in [3.8, 4) is 33.6 Å². The molecule has 12 aromatic rings. The lowest BCUT2D eigenvalue weighted by atomic mass is 10.0. The van der Waals surface area contributed by atoms with Crippen LogP contribution in [0.2, 0.25) is 0 Å². The van der Waals surface area contributed by atoms with E-state index in [0.29, 0.717) is 0 Å². The van der Waals surface area contributed by atoms with Crippen LogP contribution in [0.25, 0.3) is 110 Å². The zero-order valence-corrected chi connectivity index (χ0v) is 29.0. The summed E-state index contributed by atoms with van der Waals surface area (Å²) in [6.07, 6.45) is 0. The molecule has 252 valence electrons. The summed E-state index contributed by atoms with van der Waals surface area (Å²) in [6, 6.07) is 64.9. The summed E-state index contributed by atoms with van der Waals surface area (Å²) < 4.78 is 17.4. The third-order valence-corrected chi connectivity index (χ3v) is 11.1. The minimum Gasteiger partial charge on any atom is -0.456 e. The Morgan fingerprint density at radius 2 is 0.889 bits per heavy atom.